The number of para-hydroxylation sites is 2. The Kier molecular flexibility index (Phi) is 6.56. The monoisotopic (exact) mass is 530 g/mol. The SMILES string of the molecule is O=C(Nc1ccccc1NC(=O)C1CC1)c1n[nH]c2ccc(-c3cncc(CN4CCC(F)(F)CC4)c3)cc12. The fraction of sp³-hybridized carbons (Fsp3) is 0.310. The van der Waals surface area contributed by atoms with Crippen LogP contribution in [0.4, 0.5) is 20.2 Å². The minimum atomic E-state index is -2.58. The second-order valence-corrected chi connectivity index (χ2v) is 10.3. The molecule has 0 spiro atoms. The highest BCUT2D eigenvalue weighted by Crippen LogP contribution is 2.32. The number of nitrogens with zero attached hydrogens (tertiary/aromatic N) is 3. The number of aromatic nitrogens is 3. The number of nitrogens with one attached hydrogen (secondary N) is 3. The zero-order valence-electron chi connectivity index (χ0n) is 21.2. The summed E-state index contributed by atoms with van der Waals surface area (Å²) in [6.07, 6.45) is 5.02. The highest BCUT2D eigenvalue weighted by atomic mass is 19.3. The van der Waals surface area contributed by atoms with Crippen LogP contribution in [0.25, 0.3) is 22.0 Å². The van der Waals surface area contributed by atoms with Gasteiger partial charge < -0.3 is 10.6 Å². The van der Waals surface area contributed by atoms with Gasteiger partial charge in [-0.3, -0.25) is 24.6 Å². The van der Waals surface area contributed by atoms with Gasteiger partial charge in [0.1, 0.15) is 0 Å². The predicted octanol–water partition coefficient (Wildman–Crippen LogP) is 5.46. The van der Waals surface area contributed by atoms with Crippen LogP contribution in [0.1, 0.15) is 41.7 Å². The summed E-state index contributed by atoms with van der Waals surface area (Å²) < 4.78 is 27.0. The molecule has 0 bridgehead atoms. The molecule has 1 saturated carbocycles. The number of benzene rings is 2. The molecule has 10 heteroatoms. The Morgan fingerprint density at radius 2 is 1.72 bits per heavy atom. The van der Waals surface area contributed by atoms with Crippen LogP contribution in [0.5, 0.6) is 0 Å². The molecule has 200 valence electrons. The summed E-state index contributed by atoms with van der Waals surface area (Å²) in [6.45, 7) is 1.25. The molecule has 2 aromatic carbocycles. The third-order valence-corrected chi connectivity index (χ3v) is 7.28. The molecule has 39 heavy (non-hydrogen) atoms. The molecular formula is C29H28F2N6O2. The summed E-state index contributed by atoms with van der Waals surface area (Å²) in [7, 11) is 0. The van der Waals surface area contributed by atoms with E-state index < -0.39 is 11.8 Å². The maximum absolute atomic E-state index is 13.5. The van der Waals surface area contributed by atoms with Crippen LogP contribution < -0.4 is 10.6 Å². The number of hydrogen-bond acceptors (Lipinski definition) is 5. The van der Waals surface area contributed by atoms with Gasteiger partial charge in [-0.05, 0) is 54.3 Å². The summed E-state index contributed by atoms with van der Waals surface area (Å²) in [5, 5.41) is 13.6. The number of aromatic amines is 1. The number of likely N-dealkylation sites (tertiary alicyclic amines) is 1. The van der Waals surface area contributed by atoms with Crippen molar-refractivity contribution < 1.29 is 18.4 Å². The molecule has 2 amide bonds. The van der Waals surface area contributed by atoms with E-state index in [4.69, 9.17) is 0 Å². The summed E-state index contributed by atoms with van der Waals surface area (Å²) in [5.74, 6) is -2.98. The van der Waals surface area contributed by atoms with Gasteiger partial charge in [-0.2, -0.15) is 5.10 Å². The largest absolute Gasteiger partial charge is 0.324 e. The van der Waals surface area contributed by atoms with Crippen LogP contribution in [0.15, 0.2) is 60.9 Å². The molecule has 0 radical (unpaired) electrons. The molecule has 3 heterocycles. The van der Waals surface area contributed by atoms with Gasteiger partial charge in [-0.1, -0.05) is 18.2 Å². The van der Waals surface area contributed by atoms with E-state index in [0.29, 0.717) is 41.9 Å². The predicted molar refractivity (Wildman–Crippen MR) is 145 cm³/mol. The van der Waals surface area contributed by atoms with Crippen molar-refractivity contribution in [2.24, 2.45) is 5.92 Å². The van der Waals surface area contributed by atoms with Crippen molar-refractivity contribution in [3.8, 4) is 11.1 Å². The number of halogens is 2. The van der Waals surface area contributed by atoms with Crippen molar-refractivity contribution in [2.75, 3.05) is 23.7 Å². The van der Waals surface area contributed by atoms with E-state index in [9.17, 15) is 18.4 Å². The maximum Gasteiger partial charge on any atom is 0.276 e. The van der Waals surface area contributed by atoms with E-state index in [0.717, 1.165) is 29.5 Å². The Morgan fingerprint density at radius 1 is 0.974 bits per heavy atom. The van der Waals surface area contributed by atoms with E-state index in [1.54, 1.807) is 36.7 Å². The number of anilines is 2. The van der Waals surface area contributed by atoms with Gasteiger partial charge in [0, 0.05) is 61.7 Å². The number of rotatable bonds is 7. The molecule has 4 aromatic rings. The van der Waals surface area contributed by atoms with Gasteiger partial charge in [0.05, 0.1) is 16.9 Å². The average Bonchev–Trinajstić information content (AvgIpc) is 3.70. The molecule has 0 unspecified atom stereocenters. The molecule has 2 aromatic heterocycles. The van der Waals surface area contributed by atoms with Crippen molar-refractivity contribution in [3.63, 3.8) is 0 Å². The molecular weight excluding hydrogens is 502 g/mol. The highest BCUT2D eigenvalue weighted by molar-refractivity contribution is 6.13. The molecule has 8 nitrogen and oxygen atoms in total. The second kappa shape index (κ2) is 10.2. The Labute approximate surface area is 223 Å². The zero-order chi connectivity index (χ0) is 27.0. The molecule has 1 aliphatic heterocycles. The molecule has 1 saturated heterocycles. The fourth-order valence-electron chi connectivity index (χ4n) is 4.86. The summed E-state index contributed by atoms with van der Waals surface area (Å²) >= 11 is 0. The third kappa shape index (κ3) is 5.65. The minimum Gasteiger partial charge on any atom is -0.324 e. The Morgan fingerprint density at radius 3 is 2.46 bits per heavy atom. The number of H-pyrrole nitrogens is 1. The Balaban J connectivity index is 1.21. The van der Waals surface area contributed by atoms with E-state index in [-0.39, 0.29) is 30.4 Å². The lowest BCUT2D eigenvalue weighted by molar-refractivity contribution is -0.117. The number of alkyl halides is 2. The molecule has 2 fully saturated rings. The van der Waals surface area contributed by atoms with Crippen LogP contribution >= 0.6 is 0 Å². The number of amides is 2. The minimum absolute atomic E-state index is 0.0411. The number of carbonyl (C=O) groups excluding carboxylic acids is 2. The van der Waals surface area contributed by atoms with Gasteiger partial charge in [-0.15, -0.1) is 0 Å². The number of hydrogen-bond donors (Lipinski definition) is 3. The smallest absolute Gasteiger partial charge is 0.276 e. The van der Waals surface area contributed by atoms with E-state index in [2.05, 4.69) is 25.8 Å². The van der Waals surface area contributed by atoms with E-state index >= 15 is 0 Å². The van der Waals surface area contributed by atoms with Crippen molar-refractivity contribution >= 4 is 34.1 Å². The van der Waals surface area contributed by atoms with Crippen LogP contribution in [0.3, 0.4) is 0 Å². The van der Waals surface area contributed by atoms with Crippen LogP contribution in [-0.4, -0.2) is 50.9 Å². The van der Waals surface area contributed by atoms with Gasteiger partial charge in [0.15, 0.2) is 5.69 Å². The topological polar surface area (TPSA) is 103 Å². The fourth-order valence-corrected chi connectivity index (χ4v) is 4.86. The lowest BCUT2D eigenvalue weighted by atomic mass is 10.0. The van der Waals surface area contributed by atoms with Crippen molar-refractivity contribution in [1.29, 1.82) is 0 Å². The molecule has 1 aliphatic carbocycles. The Hall–Kier alpha value is -4.18. The van der Waals surface area contributed by atoms with E-state index in [1.807, 2.05) is 29.2 Å². The van der Waals surface area contributed by atoms with Gasteiger partial charge in [0.25, 0.3) is 11.8 Å². The zero-order valence-corrected chi connectivity index (χ0v) is 21.2. The van der Waals surface area contributed by atoms with Crippen LogP contribution in [0.2, 0.25) is 0 Å². The summed E-state index contributed by atoms with van der Waals surface area (Å²) in [6, 6.07) is 14.8. The number of piperidine rings is 1. The highest BCUT2D eigenvalue weighted by Gasteiger charge is 2.34. The standard InChI is InChI=1S/C29H28F2N6O2/c30-29(31)9-11-37(12-10-29)17-18-13-21(16-32-15-18)20-7-8-23-22(14-20)26(36-35-23)28(39)34-25-4-2-1-3-24(25)33-27(38)19-5-6-19/h1-4,7-8,13-16,19H,5-6,9-12,17H2,(H,33,38)(H,34,39)(H,35,36). The second-order valence-electron chi connectivity index (χ2n) is 10.3. The first-order valence-electron chi connectivity index (χ1n) is 13.1. The first-order valence-corrected chi connectivity index (χ1v) is 13.1. The van der Waals surface area contributed by atoms with Crippen molar-refractivity contribution in [1.82, 2.24) is 20.1 Å². The number of fused-ring (bicyclic) bond motifs is 1. The van der Waals surface area contributed by atoms with Crippen molar-refractivity contribution in [2.45, 2.75) is 38.2 Å². The van der Waals surface area contributed by atoms with Gasteiger partial charge in [-0.25, -0.2) is 8.78 Å². The van der Waals surface area contributed by atoms with E-state index in [1.165, 1.54) is 0 Å². The van der Waals surface area contributed by atoms with Crippen LogP contribution in [0, 0.1) is 5.92 Å². The lowest BCUT2D eigenvalue weighted by Crippen LogP contribution is -2.38. The number of pyridine rings is 1. The first kappa shape index (κ1) is 25.1. The van der Waals surface area contributed by atoms with Crippen LogP contribution in [-0.2, 0) is 11.3 Å². The molecule has 6 rings (SSSR count). The number of carbonyl (C=O) groups is 2. The lowest BCUT2D eigenvalue weighted by Gasteiger charge is -2.31. The summed E-state index contributed by atoms with van der Waals surface area (Å²) in [5.41, 5.74) is 4.63. The van der Waals surface area contributed by atoms with Crippen molar-refractivity contribution in [3.05, 3.63) is 72.2 Å². The normalized spacial score (nSPS) is 17.2. The van der Waals surface area contributed by atoms with Gasteiger partial charge in [0.2, 0.25) is 5.91 Å². The molecule has 2 aliphatic rings. The third-order valence-electron chi connectivity index (χ3n) is 7.28. The molecule has 3 N–H and O–H groups in total. The first-order chi connectivity index (χ1) is 18.8. The van der Waals surface area contributed by atoms with Gasteiger partial charge >= 0.3 is 0 Å². The summed E-state index contributed by atoms with van der Waals surface area (Å²) in [4.78, 5) is 31.9. The quantitative estimate of drug-likeness (QED) is 0.295. The Bertz CT molecular complexity index is 1540. The average molecular weight is 531 g/mol. The molecule has 0 atom stereocenters. The maximum atomic E-state index is 13.5.